The van der Waals surface area contributed by atoms with Crippen LogP contribution in [-0.4, -0.2) is 37.7 Å². The van der Waals surface area contributed by atoms with Gasteiger partial charge in [0.05, 0.1) is 6.04 Å². The summed E-state index contributed by atoms with van der Waals surface area (Å²) in [5, 5.41) is 6.81. The summed E-state index contributed by atoms with van der Waals surface area (Å²) >= 11 is 0. The molecule has 0 saturated heterocycles. The first-order valence-corrected chi connectivity index (χ1v) is 5.70. The maximum absolute atomic E-state index is 5.52. The van der Waals surface area contributed by atoms with Crippen molar-refractivity contribution in [2.45, 2.75) is 33.7 Å². The molecule has 1 atom stereocenters. The van der Waals surface area contributed by atoms with E-state index >= 15 is 0 Å². The molecule has 1 aliphatic heterocycles. The van der Waals surface area contributed by atoms with E-state index in [4.69, 9.17) is 5.73 Å². The summed E-state index contributed by atoms with van der Waals surface area (Å²) in [6, 6.07) is 0.470. The molecule has 90 valence electrons. The predicted octanol–water partition coefficient (Wildman–Crippen LogP) is 0.673. The van der Waals surface area contributed by atoms with Crippen LogP contribution >= 0.6 is 0 Å². The summed E-state index contributed by atoms with van der Waals surface area (Å²) in [4.78, 5) is 2.10. The number of rotatable bonds is 3. The molecular weight excluding hydrogens is 188 g/mol. The summed E-state index contributed by atoms with van der Waals surface area (Å²) in [7, 11) is 2.03. The summed E-state index contributed by atoms with van der Waals surface area (Å²) in [6.45, 7) is 10.8. The molecule has 0 saturated carbocycles. The van der Waals surface area contributed by atoms with Crippen LogP contribution in [0, 0.1) is 0 Å². The smallest absolute Gasteiger partial charge is 0.0558 e. The van der Waals surface area contributed by atoms with Gasteiger partial charge in [0.25, 0.3) is 0 Å². The van der Waals surface area contributed by atoms with Gasteiger partial charge in [0.2, 0.25) is 0 Å². The first-order valence-electron chi connectivity index (χ1n) is 5.70. The van der Waals surface area contributed by atoms with Crippen molar-refractivity contribution in [3.63, 3.8) is 0 Å². The molecule has 0 aromatic heterocycles. The fraction of sp³-hybridized carbons (Fsp3) is 0.818. The number of nitrogens with zero attached hydrogens (tertiary/aromatic N) is 1. The van der Waals surface area contributed by atoms with E-state index in [9.17, 15) is 0 Å². The highest BCUT2D eigenvalue weighted by atomic mass is 15.2. The van der Waals surface area contributed by atoms with Crippen LogP contribution in [0.3, 0.4) is 0 Å². The van der Waals surface area contributed by atoms with Gasteiger partial charge in [-0.2, -0.15) is 0 Å². The molecule has 0 spiro atoms. The van der Waals surface area contributed by atoms with E-state index in [1.807, 2.05) is 20.9 Å². The molecule has 1 heterocycles. The molecule has 4 heteroatoms. The third-order valence-corrected chi connectivity index (χ3v) is 2.44. The van der Waals surface area contributed by atoms with Gasteiger partial charge in [0.15, 0.2) is 0 Å². The molecular formula is C11H26N4. The van der Waals surface area contributed by atoms with Crippen LogP contribution in [0.15, 0.2) is 11.4 Å². The lowest BCUT2D eigenvalue weighted by molar-refractivity contribution is 0.294. The highest BCUT2D eigenvalue weighted by Gasteiger charge is 2.15. The van der Waals surface area contributed by atoms with Crippen molar-refractivity contribution in [3.8, 4) is 0 Å². The SMILES string of the molecule is CC.CC1=C(C)NC(CN(C)CN)CN1. The fourth-order valence-electron chi connectivity index (χ4n) is 1.44. The second kappa shape index (κ2) is 7.54. The Morgan fingerprint density at radius 3 is 2.40 bits per heavy atom. The Balaban J connectivity index is 0.000000921. The number of nitrogens with one attached hydrogen (secondary N) is 2. The number of nitrogens with two attached hydrogens (primary N) is 1. The topological polar surface area (TPSA) is 53.3 Å². The lowest BCUT2D eigenvalue weighted by Gasteiger charge is -2.30. The molecule has 0 amide bonds. The molecule has 0 aromatic rings. The minimum atomic E-state index is 0.470. The van der Waals surface area contributed by atoms with Crippen LogP contribution < -0.4 is 16.4 Å². The Labute approximate surface area is 93.9 Å². The van der Waals surface area contributed by atoms with Crippen LogP contribution in [-0.2, 0) is 0 Å². The quantitative estimate of drug-likeness (QED) is 0.605. The lowest BCUT2D eigenvalue weighted by atomic mass is 10.2. The van der Waals surface area contributed by atoms with E-state index < -0.39 is 0 Å². The molecule has 4 nitrogen and oxygen atoms in total. The van der Waals surface area contributed by atoms with Crippen LogP contribution in [0.5, 0.6) is 0 Å². The van der Waals surface area contributed by atoms with Gasteiger partial charge in [-0.1, -0.05) is 13.8 Å². The second-order valence-corrected chi connectivity index (χ2v) is 3.69. The van der Waals surface area contributed by atoms with Crippen molar-refractivity contribution in [2.75, 3.05) is 26.8 Å². The number of likely N-dealkylation sites (N-methyl/N-ethyl adjacent to an activating group) is 1. The van der Waals surface area contributed by atoms with Crippen LogP contribution in [0.25, 0.3) is 0 Å². The van der Waals surface area contributed by atoms with E-state index in [0.717, 1.165) is 13.1 Å². The highest BCUT2D eigenvalue weighted by Crippen LogP contribution is 2.04. The van der Waals surface area contributed by atoms with E-state index in [-0.39, 0.29) is 0 Å². The van der Waals surface area contributed by atoms with Crippen LogP contribution in [0.4, 0.5) is 0 Å². The van der Waals surface area contributed by atoms with Crippen LogP contribution in [0.2, 0.25) is 0 Å². The van der Waals surface area contributed by atoms with E-state index in [1.165, 1.54) is 11.4 Å². The highest BCUT2D eigenvalue weighted by molar-refractivity contribution is 5.11. The van der Waals surface area contributed by atoms with Crippen molar-refractivity contribution < 1.29 is 0 Å². The molecule has 0 aromatic carbocycles. The molecule has 15 heavy (non-hydrogen) atoms. The van der Waals surface area contributed by atoms with Crippen molar-refractivity contribution in [2.24, 2.45) is 5.73 Å². The van der Waals surface area contributed by atoms with E-state index in [0.29, 0.717) is 12.7 Å². The zero-order valence-electron chi connectivity index (χ0n) is 10.7. The summed E-state index contributed by atoms with van der Waals surface area (Å²) < 4.78 is 0. The maximum Gasteiger partial charge on any atom is 0.0558 e. The molecule has 0 fully saturated rings. The molecule has 1 aliphatic rings. The van der Waals surface area contributed by atoms with Gasteiger partial charge in [-0.3, -0.25) is 4.90 Å². The van der Waals surface area contributed by atoms with Crippen LogP contribution in [0.1, 0.15) is 27.7 Å². The summed E-state index contributed by atoms with van der Waals surface area (Å²) in [5.41, 5.74) is 8.00. The molecule has 4 N–H and O–H groups in total. The first-order chi connectivity index (χ1) is 7.13. The normalized spacial score (nSPS) is 20.3. The average molecular weight is 214 g/mol. The van der Waals surface area contributed by atoms with Gasteiger partial charge in [-0.05, 0) is 20.9 Å². The van der Waals surface area contributed by atoms with Gasteiger partial charge in [0.1, 0.15) is 0 Å². The molecule has 0 bridgehead atoms. The monoisotopic (exact) mass is 214 g/mol. The number of allylic oxidation sites excluding steroid dienone is 2. The Morgan fingerprint density at radius 1 is 1.33 bits per heavy atom. The summed E-state index contributed by atoms with van der Waals surface area (Å²) in [5.74, 6) is 0. The fourth-order valence-corrected chi connectivity index (χ4v) is 1.44. The molecule has 1 unspecified atom stereocenters. The average Bonchev–Trinajstić information content (AvgIpc) is 2.26. The first kappa shape index (κ1) is 14.3. The Morgan fingerprint density at radius 2 is 1.93 bits per heavy atom. The Bertz CT molecular complexity index is 201. The Hall–Kier alpha value is -0.740. The van der Waals surface area contributed by atoms with Gasteiger partial charge in [0, 0.05) is 31.2 Å². The molecule has 1 rings (SSSR count). The van der Waals surface area contributed by atoms with Crippen molar-refractivity contribution >= 4 is 0 Å². The molecule has 0 aliphatic carbocycles. The van der Waals surface area contributed by atoms with Crippen molar-refractivity contribution in [1.29, 1.82) is 0 Å². The van der Waals surface area contributed by atoms with Gasteiger partial charge < -0.3 is 16.4 Å². The summed E-state index contributed by atoms with van der Waals surface area (Å²) in [6.07, 6.45) is 0. The van der Waals surface area contributed by atoms with Crippen molar-refractivity contribution in [1.82, 2.24) is 15.5 Å². The standard InChI is InChI=1S/C9H20N4.C2H6/c1-7-8(2)12-9(4-11-7)5-13(3)6-10;1-2/h9,11-12H,4-6,10H2,1-3H3;1-2H3. The third kappa shape index (κ3) is 5.04. The van der Waals surface area contributed by atoms with E-state index in [2.05, 4.69) is 29.4 Å². The minimum Gasteiger partial charge on any atom is -0.385 e. The predicted molar refractivity (Wildman–Crippen MR) is 66.3 cm³/mol. The maximum atomic E-state index is 5.52. The number of hydrogen-bond acceptors (Lipinski definition) is 4. The minimum absolute atomic E-state index is 0.470. The third-order valence-electron chi connectivity index (χ3n) is 2.44. The van der Waals surface area contributed by atoms with E-state index in [1.54, 1.807) is 0 Å². The zero-order chi connectivity index (χ0) is 11.8. The van der Waals surface area contributed by atoms with Gasteiger partial charge >= 0.3 is 0 Å². The number of hydrogen-bond donors (Lipinski definition) is 3. The Kier molecular flexibility index (Phi) is 7.17. The van der Waals surface area contributed by atoms with Gasteiger partial charge in [-0.25, -0.2) is 0 Å². The lowest BCUT2D eigenvalue weighted by Crippen LogP contribution is -2.49. The van der Waals surface area contributed by atoms with Crippen molar-refractivity contribution in [3.05, 3.63) is 11.4 Å². The molecule has 0 radical (unpaired) electrons. The second-order valence-electron chi connectivity index (χ2n) is 3.69. The largest absolute Gasteiger partial charge is 0.385 e. The zero-order valence-corrected chi connectivity index (χ0v) is 10.7. The van der Waals surface area contributed by atoms with Gasteiger partial charge in [-0.15, -0.1) is 0 Å².